The average molecular weight is 422 g/mol. The van der Waals surface area contributed by atoms with E-state index in [0.717, 1.165) is 19.3 Å². The van der Waals surface area contributed by atoms with Gasteiger partial charge in [0.25, 0.3) is 0 Å². The largest absolute Gasteiger partial charge is 0.388 e. The number of hydrogen-bond donors (Lipinski definition) is 6. The zero-order valence-electron chi connectivity index (χ0n) is 16.6. The molecule has 2 aliphatic heterocycles. The first-order chi connectivity index (χ1) is 13.8. The van der Waals surface area contributed by atoms with Gasteiger partial charge in [0, 0.05) is 0 Å². The molecular formula is C19H34O10. The second-order valence-corrected chi connectivity index (χ2v) is 7.50. The van der Waals surface area contributed by atoms with Crippen molar-refractivity contribution in [2.24, 2.45) is 0 Å². The molecule has 10 heteroatoms. The van der Waals surface area contributed by atoms with Crippen molar-refractivity contribution in [3.8, 4) is 0 Å². The Balaban J connectivity index is 1.93. The normalized spacial score (nSPS) is 41.8. The minimum absolute atomic E-state index is 0.233. The van der Waals surface area contributed by atoms with Gasteiger partial charge >= 0.3 is 0 Å². The van der Waals surface area contributed by atoms with Gasteiger partial charge in [-0.1, -0.05) is 32.3 Å². The highest BCUT2D eigenvalue weighted by atomic mass is 16.7. The zero-order chi connectivity index (χ0) is 21.6. The quantitative estimate of drug-likeness (QED) is 0.179. The van der Waals surface area contributed by atoms with Crippen molar-refractivity contribution in [2.75, 3.05) is 13.2 Å². The number of aliphatic hydroxyl groups is 6. The van der Waals surface area contributed by atoms with Crippen LogP contribution in [0.2, 0.25) is 0 Å². The minimum Gasteiger partial charge on any atom is -0.388 e. The van der Waals surface area contributed by atoms with E-state index in [0.29, 0.717) is 6.42 Å². The van der Waals surface area contributed by atoms with Crippen LogP contribution in [-0.4, -0.2) is 105 Å². The summed E-state index contributed by atoms with van der Waals surface area (Å²) in [5.41, 5.74) is 0. The second-order valence-electron chi connectivity index (χ2n) is 7.50. The summed E-state index contributed by atoms with van der Waals surface area (Å²) in [7, 11) is 0. The first-order valence-corrected chi connectivity index (χ1v) is 10.0. The molecule has 10 nitrogen and oxygen atoms in total. The lowest BCUT2D eigenvalue weighted by Gasteiger charge is -2.42. The Morgan fingerprint density at radius 1 is 0.966 bits per heavy atom. The van der Waals surface area contributed by atoms with Gasteiger partial charge in [-0.3, -0.25) is 0 Å². The van der Waals surface area contributed by atoms with Crippen LogP contribution in [0, 0.1) is 0 Å². The van der Waals surface area contributed by atoms with Crippen LogP contribution in [0.5, 0.6) is 0 Å². The van der Waals surface area contributed by atoms with Crippen LogP contribution in [0.15, 0.2) is 12.7 Å². The minimum atomic E-state index is -1.53. The zero-order valence-corrected chi connectivity index (χ0v) is 16.6. The van der Waals surface area contributed by atoms with Crippen molar-refractivity contribution in [1.29, 1.82) is 0 Å². The van der Waals surface area contributed by atoms with Gasteiger partial charge in [0.2, 0.25) is 0 Å². The van der Waals surface area contributed by atoms with E-state index < -0.39 is 61.4 Å². The van der Waals surface area contributed by atoms with Crippen LogP contribution < -0.4 is 0 Å². The second kappa shape index (κ2) is 11.7. The molecule has 2 fully saturated rings. The molecule has 0 aliphatic carbocycles. The predicted octanol–water partition coefficient (Wildman–Crippen LogP) is -1.60. The Bertz CT molecular complexity index is 492. The fourth-order valence-corrected chi connectivity index (χ4v) is 3.29. The van der Waals surface area contributed by atoms with E-state index in [9.17, 15) is 30.6 Å². The van der Waals surface area contributed by atoms with Gasteiger partial charge in [0.15, 0.2) is 12.6 Å². The molecule has 0 unspecified atom stereocenters. The maximum Gasteiger partial charge on any atom is 0.187 e. The van der Waals surface area contributed by atoms with Crippen molar-refractivity contribution < 1.29 is 49.6 Å². The monoisotopic (exact) mass is 422 g/mol. The topological polar surface area (TPSA) is 158 Å². The standard InChI is InChI=1S/C19H34O10/c1-3-5-6-7-10(4-2)28-19-17(25)15(23)14(22)12(29-19)9-27-18-16(24)13(21)11(20)8-26-18/h4,10-25H,2-3,5-9H2,1H3/t10-,11+,12-,13+,14+,15+,16-,17-,18-,19+/m0/s1. The maximum absolute atomic E-state index is 10.2. The molecule has 0 saturated carbocycles. The number of unbranched alkanes of at least 4 members (excludes halogenated alkanes) is 2. The molecule has 0 aromatic rings. The molecule has 2 heterocycles. The lowest BCUT2D eigenvalue weighted by molar-refractivity contribution is -0.325. The van der Waals surface area contributed by atoms with Gasteiger partial charge in [-0.2, -0.15) is 0 Å². The molecule has 0 aromatic heterocycles. The Kier molecular flexibility index (Phi) is 9.89. The van der Waals surface area contributed by atoms with Crippen LogP contribution >= 0.6 is 0 Å². The van der Waals surface area contributed by atoms with Gasteiger partial charge in [-0.05, 0) is 6.42 Å². The van der Waals surface area contributed by atoms with Crippen molar-refractivity contribution in [3.05, 3.63) is 12.7 Å². The lowest BCUT2D eigenvalue weighted by Crippen LogP contribution is -2.60. The number of ether oxygens (including phenoxy) is 4. The van der Waals surface area contributed by atoms with E-state index in [4.69, 9.17) is 18.9 Å². The third kappa shape index (κ3) is 6.41. The Labute approximate surface area is 170 Å². The summed E-state index contributed by atoms with van der Waals surface area (Å²) in [5.74, 6) is 0. The summed E-state index contributed by atoms with van der Waals surface area (Å²) in [5, 5.41) is 59.6. The van der Waals surface area contributed by atoms with Crippen molar-refractivity contribution in [2.45, 2.75) is 94.0 Å². The summed E-state index contributed by atoms with van der Waals surface area (Å²) in [4.78, 5) is 0. The summed E-state index contributed by atoms with van der Waals surface area (Å²) in [6.45, 7) is 5.24. The molecule has 0 spiro atoms. The molecule has 2 aliphatic rings. The maximum atomic E-state index is 10.2. The van der Waals surface area contributed by atoms with Crippen LogP contribution in [-0.2, 0) is 18.9 Å². The highest BCUT2D eigenvalue weighted by Crippen LogP contribution is 2.26. The molecule has 2 saturated heterocycles. The van der Waals surface area contributed by atoms with E-state index in [-0.39, 0.29) is 13.2 Å². The first kappa shape index (κ1) is 24.6. The van der Waals surface area contributed by atoms with Gasteiger partial charge in [0.05, 0.1) is 19.3 Å². The van der Waals surface area contributed by atoms with Crippen molar-refractivity contribution >= 4 is 0 Å². The summed E-state index contributed by atoms with van der Waals surface area (Å²) in [6.07, 6.45) is -7.36. The van der Waals surface area contributed by atoms with Gasteiger partial charge in [-0.15, -0.1) is 6.58 Å². The molecule has 170 valence electrons. The van der Waals surface area contributed by atoms with Gasteiger partial charge in [0.1, 0.15) is 42.7 Å². The smallest absolute Gasteiger partial charge is 0.187 e. The highest BCUT2D eigenvalue weighted by Gasteiger charge is 2.46. The van der Waals surface area contributed by atoms with Crippen molar-refractivity contribution in [3.63, 3.8) is 0 Å². The van der Waals surface area contributed by atoms with E-state index in [1.54, 1.807) is 6.08 Å². The molecule has 0 amide bonds. The number of hydrogen-bond acceptors (Lipinski definition) is 10. The molecule has 0 bridgehead atoms. The molecule has 10 atom stereocenters. The number of aliphatic hydroxyl groups excluding tert-OH is 6. The summed E-state index contributed by atoms with van der Waals surface area (Å²) in [6, 6.07) is 0. The van der Waals surface area contributed by atoms with Gasteiger partial charge < -0.3 is 49.6 Å². The first-order valence-electron chi connectivity index (χ1n) is 10.0. The van der Waals surface area contributed by atoms with Crippen molar-refractivity contribution in [1.82, 2.24) is 0 Å². The third-order valence-electron chi connectivity index (χ3n) is 5.21. The van der Waals surface area contributed by atoms with Crippen LogP contribution in [0.3, 0.4) is 0 Å². The van der Waals surface area contributed by atoms with E-state index in [1.165, 1.54) is 0 Å². The average Bonchev–Trinajstić information content (AvgIpc) is 2.71. The molecule has 2 rings (SSSR count). The Morgan fingerprint density at radius 3 is 2.31 bits per heavy atom. The molecule has 6 N–H and O–H groups in total. The molecule has 0 radical (unpaired) electrons. The Morgan fingerprint density at radius 2 is 1.66 bits per heavy atom. The van der Waals surface area contributed by atoms with E-state index in [1.807, 2.05) is 0 Å². The molecular weight excluding hydrogens is 388 g/mol. The SMILES string of the molecule is C=C[C@@H](CCCCC)O[C@@H]1O[C@@H](CO[C@@H]2OC[C@@H](O)[C@@H](O)[C@@H]2O)[C@@H](O)[C@@H](O)[C@@H]1O. The molecule has 29 heavy (non-hydrogen) atoms. The third-order valence-corrected chi connectivity index (χ3v) is 5.21. The Hall–Kier alpha value is -0.660. The van der Waals surface area contributed by atoms with Crippen LogP contribution in [0.1, 0.15) is 32.6 Å². The summed E-state index contributed by atoms with van der Waals surface area (Å²) < 4.78 is 21.8. The fraction of sp³-hybridized carbons (Fsp3) is 0.895. The predicted molar refractivity (Wildman–Crippen MR) is 99.6 cm³/mol. The van der Waals surface area contributed by atoms with E-state index >= 15 is 0 Å². The highest BCUT2D eigenvalue weighted by molar-refractivity contribution is 4.91. The lowest BCUT2D eigenvalue weighted by atomic mass is 9.99. The van der Waals surface area contributed by atoms with E-state index in [2.05, 4.69) is 13.5 Å². The summed E-state index contributed by atoms with van der Waals surface area (Å²) >= 11 is 0. The molecule has 0 aromatic carbocycles. The van der Waals surface area contributed by atoms with Gasteiger partial charge in [-0.25, -0.2) is 0 Å². The van der Waals surface area contributed by atoms with Crippen LogP contribution in [0.4, 0.5) is 0 Å². The number of rotatable bonds is 10. The fourth-order valence-electron chi connectivity index (χ4n) is 3.29. The van der Waals surface area contributed by atoms with Crippen LogP contribution in [0.25, 0.3) is 0 Å².